The maximum atomic E-state index is 14.5. The lowest BCUT2D eigenvalue weighted by molar-refractivity contribution is -0.128. The van der Waals surface area contributed by atoms with Crippen LogP contribution >= 0.6 is 0 Å². The van der Waals surface area contributed by atoms with Crippen molar-refractivity contribution in [3.05, 3.63) is 156 Å². The lowest BCUT2D eigenvalue weighted by atomic mass is 9.90. The summed E-state index contributed by atoms with van der Waals surface area (Å²) < 4.78 is 0. The van der Waals surface area contributed by atoms with E-state index >= 15 is 0 Å². The second-order valence-electron chi connectivity index (χ2n) is 16.0. The van der Waals surface area contributed by atoms with E-state index in [1.54, 1.807) is 7.05 Å². The van der Waals surface area contributed by atoms with Crippen molar-refractivity contribution < 1.29 is 14.4 Å². The van der Waals surface area contributed by atoms with Crippen molar-refractivity contribution in [1.29, 1.82) is 0 Å². The molecule has 0 radical (unpaired) electrons. The second kappa shape index (κ2) is 21.1. The quantitative estimate of drug-likeness (QED) is 0.0549. The number of unbranched alkanes of at least 4 members (excludes halogenated alkanes) is 1. The number of carbonyl (C=O) groups is 3. The monoisotopic (exact) mass is 777 g/mol. The summed E-state index contributed by atoms with van der Waals surface area (Å²) in [7, 11) is 1.66. The van der Waals surface area contributed by atoms with E-state index in [4.69, 9.17) is 0 Å². The van der Waals surface area contributed by atoms with Crippen LogP contribution in [0.5, 0.6) is 0 Å². The maximum Gasteiger partial charge on any atom is 0.224 e. The first-order valence-corrected chi connectivity index (χ1v) is 20.9. The zero-order chi connectivity index (χ0) is 40.7. The Bertz CT molecular complexity index is 2180. The Balaban J connectivity index is 1.13. The normalized spacial score (nSPS) is 13.5. The third kappa shape index (κ3) is 12.4. The third-order valence-electron chi connectivity index (χ3n) is 11.2. The van der Waals surface area contributed by atoms with Gasteiger partial charge in [0.05, 0.1) is 6.42 Å². The van der Waals surface area contributed by atoms with Crippen molar-refractivity contribution >= 4 is 39.4 Å². The minimum atomic E-state index is -0.403. The van der Waals surface area contributed by atoms with Crippen molar-refractivity contribution in [3.63, 3.8) is 0 Å². The molecule has 0 aliphatic rings. The van der Waals surface area contributed by atoms with Crippen molar-refractivity contribution in [2.24, 2.45) is 11.8 Å². The van der Waals surface area contributed by atoms with Crippen LogP contribution in [0.1, 0.15) is 68.2 Å². The fourth-order valence-corrected chi connectivity index (χ4v) is 8.17. The number of aromatic amines is 1. The van der Waals surface area contributed by atoms with Gasteiger partial charge in [-0.15, -0.1) is 0 Å². The summed E-state index contributed by atoms with van der Waals surface area (Å²) in [6, 6.07) is 43.1. The molecule has 0 saturated heterocycles. The molecule has 0 spiro atoms. The molecule has 6 rings (SSSR count). The first-order valence-electron chi connectivity index (χ1n) is 20.9. The number of benzene rings is 5. The molecule has 8 heteroatoms. The minimum absolute atomic E-state index is 0.0331. The fourth-order valence-electron chi connectivity index (χ4n) is 8.17. The summed E-state index contributed by atoms with van der Waals surface area (Å²) in [6.07, 6.45) is 6.42. The number of carbonyl (C=O) groups excluding carboxylic acids is 3. The molecule has 4 atom stereocenters. The minimum Gasteiger partial charge on any atom is -0.361 e. The molecule has 5 aromatic carbocycles. The number of aromatic nitrogens is 1. The van der Waals surface area contributed by atoms with Gasteiger partial charge < -0.3 is 20.9 Å². The van der Waals surface area contributed by atoms with Crippen LogP contribution in [0.4, 0.5) is 0 Å². The van der Waals surface area contributed by atoms with Gasteiger partial charge in [-0.25, -0.2) is 0 Å². The van der Waals surface area contributed by atoms with E-state index in [1.807, 2.05) is 68.6 Å². The molecule has 4 N–H and O–H groups in total. The molecule has 8 nitrogen and oxygen atoms in total. The van der Waals surface area contributed by atoms with Crippen molar-refractivity contribution in [1.82, 2.24) is 25.8 Å². The molecule has 1 heterocycles. The van der Waals surface area contributed by atoms with Gasteiger partial charge in [-0.1, -0.05) is 135 Å². The average Bonchev–Trinajstić information content (AvgIpc) is 3.64. The first kappa shape index (κ1) is 41.9. The summed E-state index contributed by atoms with van der Waals surface area (Å²) in [5, 5.41) is 12.7. The highest BCUT2D eigenvalue weighted by molar-refractivity contribution is 5.86. The molecular weight excluding hydrogens is 719 g/mol. The van der Waals surface area contributed by atoms with Crippen molar-refractivity contribution in [3.8, 4) is 0 Å². The lowest BCUT2D eigenvalue weighted by Crippen LogP contribution is -2.44. The largest absolute Gasteiger partial charge is 0.361 e. The van der Waals surface area contributed by atoms with Crippen LogP contribution in [0.3, 0.4) is 0 Å². The predicted octanol–water partition coefficient (Wildman–Crippen LogP) is 8.75. The fraction of sp³-hybridized carbons (Fsp3) is 0.340. The SMILES string of the molecule is CNC(=O)[C@H](C)C[C@H](CCCCN(Cc1ccccc1)Cc1ccccc1)NC(=O)[C@@H](Cc1c[nH]c2ccccc12)C[C@H](C)NC(=O)Cc1ccc2ccccc2c1. The van der Waals surface area contributed by atoms with Crippen LogP contribution in [-0.4, -0.2) is 53.3 Å². The highest BCUT2D eigenvalue weighted by Crippen LogP contribution is 2.25. The summed E-state index contributed by atoms with van der Waals surface area (Å²) >= 11 is 0. The molecule has 0 aliphatic heterocycles. The predicted molar refractivity (Wildman–Crippen MR) is 236 cm³/mol. The zero-order valence-corrected chi connectivity index (χ0v) is 34.3. The number of fused-ring (bicyclic) bond motifs is 2. The number of rotatable bonds is 21. The molecule has 58 heavy (non-hydrogen) atoms. The van der Waals surface area contributed by atoms with E-state index < -0.39 is 5.92 Å². The van der Waals surface area contributed by atoms with Gasteiger partial charge in [0.15, 0.2) is 0 Å². The highest BCUT2D eigenvalue weighted by Gasteiger charge is 2.27. The Hall–Kier alpha value is -5.73. The molecule has 6 aromatic rings. The molecule has 0 aliphatic carbocycles. The molecule has 0 fully saturated rings. The van der Waals surface area contributed by atoms with Crippen LogP contribution in [-0.2, 0) is 40.3 Å². The lowest BCUT2D eigenvalue weighted by Gasteiger charge is -2.27. The molecule has 1 aromatic heterocycles. The number of hydrogen-bond acceptors (Lipinski definition) is 4. The number of para-hydroxylation sites is 1. The van der Waals surface area contributed by atoms with E-state index in [-0.39, 0.29) is 42.1 Å². The van der Waals surface area contributed by atoms with E-state index in [0.29, 0.717) is 19.3 Å². The third-order valence-corrected chi connectivity index (χ3v) is 11.2. The number of H-pyrrole nitrogens is 1. The number of nitrogens with one attached hydrogen (secondary N) is 4. The number of hydrogen-bond donors (Lipinski definition) is 4. The second-order valence-corrected chi connectivity index (χ2v) is 16.0. The van der Waals surface area contributed by atoms with Crippen molar-refractivity contribution in [2.75, 3.05) is 13.6 Å². The summed E-state index contributed by atoms with van der Waals surface area (Å²) in [6.45, 7) is 6.53. The van der Waals surface area contributed by atoms with E-state index in [0.717, 1.165) is 71.7 Å². The first-order chi connectivity index (χ1) is 28.2. The van der Waals surface area contributed by atoms with E-state index in [2.05, 4.69) is 105 Å². The molecule has 0 unspecified atom stereocenters. The zero-order valence-electron chi connectivity index (χ0n) is 34.3. The maximum absolute atomic E-state index is 14.5. The number of amides is 3. The van der Waals surface area contributed by atoms with Crippen LogP contribution in [0.2, 0.25) is 0 Å². The molecule has 302 valence electrons. The van der Waals surface area contributed by atoms with Gasteiger partial charge in [-0.05, 0) is 84.7 Å². The Morgan fingerprint density at radius 1 is 0.672 bits per heavy atom. The van der Waals surface area contributed by atoms with E-state index in [9.17, 15) is 14.4 Å². The van der Waals surface area contributed by atoms with Crippen LogP contribution in [0.25, 0.3) is 21.7 Å². The van der Waals surface area contributed by atoms with Gasteiger partial charge in [-0.3, -0.25) is 19.3 Å². The molecule has 3 amide bonds. The standard InChI is InChI=1S/C50H59N5O3/c1-36(49(57)51-3)28-45(22-14-15-27-55(34-38-16-6-4-7-17-38)35-39-18-8-5-9-19-39)54-50(58)43(32-44-33-52-47-24-13-12-23-46(44)47)29-37(2)53-48(56)31-40-25-26-41-20-10-11-21-42(41)30-40/h4-13,16-21,23-26,30,33,36-37,43,45,52H,14-15,22,27-29,31-32,34-35H2,1-3H3,(H,51,57)(H,53,56)(H,54,58)/t36-,37+,43-,45+/m1/s1. The van der Waals surface area contributed by atoms with Crippen LogP contribution < -0.4 is 16.0 Å². The molecular formula is C50H59N5O3. The van der Waals surface area contributed by atoms with E-state index in [1.165, 1.54) is 11.1 Å². The van der Waals surface area contributed by atoms with Gasteiger partial charge >= 0.3 is 0 Å². The van der Waals surface area contributed by atoms with Crippen molar-refractivity contribution in [2.45, 2.75) is 84.0 Å². The molecule has 0 saturated carbocycles. The smallest absolute Gasteiger partial charge is 0.224 e. The number of nitrogens with zero attached hydrogens (tertiary/aromatic N) is 1. The molecule has 0 bridgehead atoms. The summed E-state index contributed by atoms with van der Waals surface area (Å²) in [5.41, 5.74) is 5.61. The summed E-state index contributed by atoms with van der Waals surface area (Å²) in [5.74, 6) is -0.817. The Morgan fingerprint density at radius 2 is 1.33 bits per heavy atom. The topological polar surface area (TPSA) is 106 Å². The van der Waals surface area contributed by atoms with Gasteiger partial charge in [0, 0.05) is 61.2 Å². The average molecular weight is 778 g/mol. The Kier molecular flexibility index (Phi) is 15.3. The van der Waals surface area contributed by atoms with Gasteiger partial charge in [0.25, 0.3) is 0 Å². The Labute approximate surface area is 343 Å². The van der Waals surface area contributed by atoms with Gasteiger partial charge in [0.2, 0.25) is 17.7 Å². The summed E-state index contributed by atoms with van der Waals surface area (Å²) in [4.78, 5) is 46.4. The van der Waals surface area contributed by atoms with Gasteiger partial charge in [-0.2, -0.15) is 0 Å². The van der Waals surface area contributed by atoms with Crippen LogP contribution in [0, 0.1) is 11.8 Å². The highest BCUT2D eigenvalue weighted by atomic mass is 16.2. The Morgan fingerprint density at radius 3 is 2.03 bits per heavy atom. The van der Waals surface area contributed by atoms with Gasteiger partial charge in [0.1, 0.15) is 0 Å². The van der Waals surface area contributed by atoms with Crippen LogP contribution in [0.15, 0.2) is 134 Å².